The lowest BCUT2D eigenvalue weighted by molar-refractivity contribution is -0.220. The number of para-hydroxylation sites is 1. The van der Waals surface area contributed by atoms with Gasteiger partial charge in [0.05, 0.1) is 30.0 Å². The first-order chi connectivity index (χ1) is 16.2. The SMILES string of the molecule is O=C(OC1COC(c2ccccc2)OC1)c1ccccc1Nc1ccnc2cc(Cl)ccc12. The zero-order valence-electron chi connectivity index (χ0n) is 17.6. The molecule has 4 aromatic rings. The van der Waals surface area contributed by atoms with E-state index in [0.29, 0.717) is 16.3 Å². The fourth-order valence-corrected chi connectivity index (χ4v) is 3.88. The van der Waals surface area contributed by atoms with Gasteiger partial charge in [-0.05, 0) is 36.4 Å². The molecule has 1 aromatic heterocycles. The summed E-state index contributed by atoms with van der Waals surface area (Å²) in [5.41, 5.74) is 3.55. The van der Waals surface area contributed by atoms with Crippen LogP contribution < -0.4 is 5.32 Å². The van der Waals surface area contributed by atoms with Crippen LogP contribution in [0.15, 0.2) is 85.1 Å². The Morgan fingerprint density at radius 3 is 2.52 bits per heavy atom. The lowest BCUT2D eigenvalue weighted by Gasteiger charge is -2.29. The normalized spacial score (nSPS) is 18.1. The summed E-state index contributed by atoms with van der Waals surface area (Å²) in [7, 11) is 0. The molecule has 1 aliphatic rings. The summed E-state index contributed by atoms with van der Waals surface area (Å²) in [6, 6.07) is 24.2. The zero-order valence-corrected chi connectivity index (χ0v) is 18.4. The molecular formula is C26H21ClN2O4. The average molecular weight is 461 g/mol. The van der Waals surface area contributed by atoms with E-state index in [1.165, 1.54) is 0 Å². The molecule has 166 valence electrons. The summed E-state index contributed by atoms with van der Waals surface area (Å²) >= 11 is 6.09. The molecule has 0 radical (unpaired) electrons. The first-order valence-electron chi connectivity index (χ1n) is 10.6. The van der Waals surface area contributed by atoms with Crippen LogP contribution in [0.3, 0.4) is 0 Å². The molecule has 0 amide bonds. The standard InChI is InChI=1S/C26H21ClN2O4/c27-18-10-11-20-23(12-13-28-24(20)14-18)29-22-9-5-4-8-21(22)25(30)33-19-15-31-26(32-16-19)17-6-2-1-3-7-17/h1-14,19,26H,15-16H2,(H,28,29). The number of anilines is 2. The van der Waals surface area contributed by atoms with E-state index in [1.54, 1.807) is 24.4 Å². The van der Waals surface area contributed by atoms with Crippen molar-refractivity contribution in [1.29, 1.82) is 0 Å². The predicted octanol–water partition coefficient (Wildman–Crippen LogP) is 5.90. The summed E-state index contributed by atoms with van der Waals surface area (Å²) in [4.78, 5) is 17.3. The third-order valence-electron chi connectivity index (χ3n) is 5.33. The minimum Gasteiger partial charge on any atom is -0.454 e. The first-order valence-corrected chi connectivity index (χ1v) is 10.9. The van der Waals surface area contributed by atoms with Gasteiger partial charge in [0.2, 0.25) is 0 Å². The zero-order chi connectivity index (χ0) is 22.6. The van der Waals surface area contributed by atoms with E-state index < -0.39 is 18.4 Å². The van der Waals surface area contributed by atoms with Gasteiger partial charge in [0.1, 0.15) is 6.10 Å². The van der Waals surface area contributed by atoms with Crippen LogP contribution in [-0.2, 0) is 14.2 Å². The minimum absolute atomic E-state index is 0.261. The summed E-state index contributed by atoms with van der Waals surface area (Å²) in [5, 5.41) is 4.84. The Balaban J connectivity index is 1.29. The summed E-state index contributed by atoms with van der Waals surface area (Å²) < 4.78 is 17.2. The molecule has 0 atom stereocenters. The molecule has 0 aliphatic carbocycles. The van der Waals surface area contributed by atoms with Crippen molar-refractivity contribution in [3.05, 3.63) is 101 Å². The van der Waals surface area contributed by atoms with Crippen molar-refractivity contribution < 1.29 is 19.0 Å². The van der Waals surface area contributed by atoms with E-state index in [9.17, 15) is 4.79 Å². The Bertz CT molecular complexity index is 1270. The first kappa shape index (κ1) is 21.4. The lowest BCUT2D eigenvalue weighted by Crippen LogP contribution is -2.35. The van der Waals surface area contributed by atoms with Gasteiger partial charge in [-0.3, -0.25) is 4.98 Å². The number of rotatable bonds is 5. The fourth-order valence-electron chi connectivity index (χ4n) is 3.72. The van der Waals surface area contributed by atoms with Gasteiger partial charge in [-0.25, -0.2) is 4.79 Å². The molecule has 7 heteroatoms. The Morgan fingerprint density at radius 1 is 0.939 bits per heavy atom. The molecule has 0 unspecified atom stereocenters. The van der Waals surface area contributed by atoms with Crippen molar-refractivity contribution in [1.82, 2.24) is 4.98 Å². The molecule has 1 aliphatic heterocycles. The largest absolute Gasteiger partial charge is 0.454 e. The van der Waals surface area contributed by atoms with E-state index >= 15 is 0 Å². The van der Waals surface area contributed by atoms with Gasteiger partial charge in [0.25, 0.3) is 0 Å². The van der Waals surface area contributed by atoms with Gasteiger partial charge in [0, 0.05) is 27.9 Å². The number of pyridine rings is 1. The Hall–Kier alpha value is -3.45. The van der Waals surface area contributed by atoms with Crippen molar-refractivity contribution in [2.24, 2.45) is 0 Å². The number of nitrogens with one attached hydrogen (secondary N) is 1. The molecule has 0 saturated carbocycles. The van der Waals surface area contributed by atoms with E-state index in [1.807, 2.05) is 60.7 Å². The number of fused-ring (bicyclic) bond motifs is 1. The molecule has 0 spiro atoms. The lowest BCUT2D eigenvalue weighted by atomic mass is 10.1. The van der Waals surface area contributed by atoms with Crippen LogP contribution in [0, 0.1) is 0 Å². The quantitative estimate of drug-likeness (QED) is 0.374. The highest BCUT2D eigenvalue weighted by Gasteiger charge is 2.27. The molecule has 1 saturated heterocycles. The highest BCUT2D eigenvalue weighted by molar-refractivity contribution is 6.31. The molecule has 5 rings (SSSR count). The summed E-state index contributed by atoms with van der Waals surface area (Å²) in [6.07, 6.45) is 0.750. The van der Waals surface area contributed by atoms with Crippen LogP contribution in [0.2, 0.25) is 5.02 Å². The van der Waals surface area contributed by atoms with Gasteiger partial charge in [-0.2, -0.15) is 0 Å². The van der Waals surface area contributed by atoms with Gasteiger partial charge in [-0.15, -0.1) is 0 Å². The van der Waals surface area contributed by atoms with Gasteiger partial charge in [0.15, 0.2) is 6.29 Å². The average Bonchev–Trinajstić information content (AvgIpc) is 2.85. The topological polar surface area (TPSA) is 69.7 Å². The number of carbonyl (C=O) groups excluding carboxylic acids is 1. The van der Waals surface area contributed by atoms with Gasteiger partial charge in [-0.1, -0.05) is 54.1 Å². The number of aromatic nitrogens is 1. The van der Waals surface area contributed by atoms with Gasteiger partial charge >= 0.3 is 5.97 Å². The molecule has 0 bridgehead atoms. The van der Waals surface area contributed by atoms with E-state index in [4.69, 9.17) is 25.8 Å². The summed E-state index contributed by atoms with van der Waals surface area (Å²) in [5.74, 6) is -0.449. The molecule has 3 aromatic carbocycles. The molecule has 33 heavy (non-hydrogen) atoms. The van der Waals surface area contributed by atoms with Crippen LogP contribution in [0.4, 0.5) is 11.4 Å². The number of hydrogen-bond acceptors (Lipinski definition) is 6. The monoisotopic (exact) mass is 460 g/mol. The minimum atomic E-state index is -0.491. The van der Waals surface area contributed by atoms with Crippen LogP contribution in [0.1, 0.15) is 22.2 Å². The molecule has 1 N–H and O–H groups in total. The van der Waals surface area contributed by atoms with Crippen molar-refractivity contribution >= 4 is 39.8 Å². The number of ether oxygens (including phenoxy) is 3. The second kappa shape index (κ2) is 9.58. The highest BCUT2D eigenvalue weighted by atomic mass is 35.5. The van der Waals surface area contributed by atoms with Crippen molar-refractivity contribution in [2.45, 2.75) is 12.4 Å². The predicted molar refractivity (Wildman–Crippen MR) is 127 cm³/mol. The highest BCUT2D eigenvalue weighted by Crippen LogP contribution is 2.29. The van der Waals surface area contributed by atoms with Crippen LogP contribution in [-0.4, -0.2) is 30.3 Å². The van der Waals surface area contributed by atoms with Gasteiger partial charge < -0.3 is 19.5 Å². The van der Waals surface area contributed by atoms with E-state index in [-0.39, 0.29) is 13.2 Å². The Kier molecular flexibility index (Phi) is 6.21. The molecular weight excluding hydrogens is 440 g/mol. The van der Waals surface area contributed by atoms with E-state index in [0.717, 1.165) is 22.2 Å². The van der Waals surface area contributed by atoms with Crippen molar-refractivity contribution in [2.75, 3.05) is 18.5 Å². The maximum absolute atomic E-state index is 13.0. The number of esters is 1. The van der Waals surface area contributed by atoms with Crippen molar-refractivity contribution in [3.63, 3.8) is 0 Å². The number of hydrogen-bond donors (Lipinski definition) is 1. The summed E-state index contributed by atoms with van der Waals surface area (Å²) in [6.45, 7) is 0.521. The second-order valence-electron chi connectivity index (χ2n) is 7.63. The second-order valence-corrected chi connectivity index (χ2v) is 8.06. The maximum Gasteiger partial charge on any atom is 0.340 e. The van der Waals surface area contributed by atoms with Crippen LogP contribution in [0.25, 0.3) is 10.9 Å². The molecule has 2 heterocycles. The maximum atomic E-state index is 13.0. The molecule has 6 nitrogen and oxygen atoms in total. The fraction of sp³-hybridized carbons (Fsp3) is 0.154. The third-order valence-corrected chi connectivity index (χ3v) is 5.57. The number of carbonyl (C=O) groups is 1. The smallest absolute Gasteiger partial charge is 0.340 e. The Labute approximate surface area is 196 Å². The number of benzene rings is 3. The van der Waals surface area contributed by atoms with Crippen molar-refractivity contribution in [3.8, 4) is 0 Å². The Morgan fingerprint density at radius 2 is 1.70 bits per heavy atom. The van der Waals surface area contributed by atoms with Crippen LogP contribution in [0.5, 0.6) is 0 Å². The number of nitrogens with zero attached hydrogens (tertiary/aromatic N) is 1. The van der Waals surface area contributed by atoms with E-state index in [2.05, 4.69) is 10.3 Å². The third kappa shape index (κ3) is 4.83. The van der Waals surface area contributed by atoms with Crippen LogP contribution >= 0.6 is 11.6 Å². The number of halogens is 1. The molecule has 1 fully saturated rings.